The predicted octanol–water partition coefficient (Wildman–Crippen LogP) is 3.06. The third-order valence-corrected chi connectivity index (χ3v) is 3.92. The molecule has 2 amide bonds. The van der Waals surface area contributed by atoms with Crippen molar-refractivity contribution < 1.29 is 14.7 Å². The summed E-state index contributed by atoms with van der Waals surface area (Å²) in [4.78, 5) is 29.5. The number of pyridine rings is 1. The first kappa shape index (κ1) is 16.0. The Morgan fingerprint density at radius 1 is 1.45 bits per heavy atom. The number of carboxylic acid groups (broad SMARTS) is 1. The van der Waals surface area contributed by atoms with Crippen LogP contribution in [-0.4, -0.2) is 40.6 Å². The molecule has 2 aromatic rings. The Labute approximate surface area is 132 Å². The molecule has 0 aliphatic carbocycles. The van der Waals surface area contributed by atoms with Crippen molar-refractivity contribution in [2.24, 2.45) is 0 Å². The molecule has 0 saturated carbocycles. The molecule has 0 aliphatic rings. The van der Waals surface area contributed by atoms with Crippen LogP contribution in [0.5, 0.6) is 0 Å². The van der Waals surface area contributed by atoms with Crippen LogP contribution in [0.15, 0.2) is 29.8 Å². The van der Waals surface area contributed by atoms with E-state index in [1.54, 1.807) is 36.7 Å². The summed E-state index contributed by atoms with van der Waals surface area (Å²) < 4.78 is 0. The molecule has 0 aromatic carbocycles. The molecule has 0 bridgehead atoms. The Balaban J connectivity index is 2.13. The molecule has 116 valence electrons. The first-order chi connectivity index (χ1) is 10.5. The van der Waals surface area contributed by atoms with E-state index in [1.807, 2.05) is 18.4 Å². The van der Waals surface area contributed by atoms with Crippen molar-refractivity contribution in [3.05, 3.63) is 34.7 Å². The molecular formula is C15H17N3O3S. The third-order valence-electron chi connectivity index (χ3n) is 3.06. The summed E-state index contributed by atoms with van der Waals surface area (Å²) in [6, 6.07) is 5.17. The van der Waals surface area contributed by atoms with Crippen LogP contribution in [0.3, 0.4) is 0 Å². The first-order valence-electron chi connectivity index (χ1n) is 6.72. The molecule has 6 nitrogen and oxygen atoms in total. The lowest BCUT2D eigenvalue weighted by molar-refractivity contribution is -0.137. The number of carbonyl (C=O) groups excluding carboxylic acids is 1. The Bertz CT molecular complexity index is 684. The van der Waals surface area contributed by atoms with Gasteiger partial charge < -0.3 is 15.3 Å². The number of aromatic nitrogens is 1. The molecular weight excluding hydrogens is 302 g/mol. The number of rotatable bonds is 5. The van der Waals surface area contributed by atoms with Crippen LogP contribution < -0.4 is 5.32 Å². The second-order valence-corrected chi connectivity index (χ2v) is 5.96. The highest BCUT2D eigenvalue weighted by molar-refractivity contribution is 7.10. The number of hydrogen-bond donors (Lipinski definition) is 2. The maximum Gasteiger partial charge on any atom is 0.321 e. The van der Waals surface area contributed by atoms with Gasteiger partial charge in [-0.2, -0.15) is 0 Å². The fourth-order valence-corrected chi connectivity index (χ4v) is 2.57. The molecule has 22 heavy (non-hydrogen) atoms. The fraction of sp³-hybridized carbons (Fsp3) is 0.267. The van der Waals surface area contributed by atoms with Crippen LogP contribution in [0.25, 0.3) is 11.3 Å². The van der Waals surface area contributed by atoms with Gasteiger partial charge in [-0.3, -0.25) is 9.78 Å². The van der Waals surface area contributed by atoms with Crippen LogP contribution in [-0.2, 0) is 4.79 Å². The lowest BCUT2D eigenvalue weighted by Crippen LogP contribution is -2.33. The van der Waals surface area contributed by atoms with E-state index in [9.17, 15) is 9.59 Å². The number of hydrogen-bond acceptors (Lipinski definition) is 4. The van der Waals surface area contributed by atoms with E-state index < -0.39 is 5.97 Å². The van der Waals surface area contributed by atoms with Crippen LogP contribution >= 0.6 is 11.3 Å². The van der Waals surface area contributed by atoms with Gasteiger partial charge in [0.15, 0.2) is 0 Å². The number of thiophene rings is 1. The maximum absolute atomic E-state index is 12.1. The van der Waals surface area contributed by atoms with E-state index in [1.165, 1.54) is 4.90 Å². The summed E-state index contributed by atoms with van der Waals surface area (Å²) in [6.45, 7) is 2.16. The van der Waals surface area contributed by atoms with Crippen LogP contribution in [0, 0.1) is 6.92 Å². The van der Waals surface area contributed by atoms with Crippen molar-refractivity contribution in [2.45, 2.75) is 13.3 Å². The van der Waals surface area contributed by atoms with E-state index in [-0.39, 0.29) is 19.0 Å². The SMILES string of the molecule is Cc1cc(-c2ncccc2NC(=O)N(C)CCC(=O)O)cs1. The summed E-state index contributed by atoms with van der Waals surface area (Å²) in [5, 5.41) is 13.4. The quantitative estimate of drug-likeness (QED) is 0.887. The molecule has 0 radical (unpaired) electrons. The van der Waals surface area contributed by atoms with Gasteiger partial charge in [-0.15, -0.1) is 11.3 Å². The molecule has 0 atom stereocenters. The Kier molecular flexibility index (Phi) is 5.11. The summed E-state index contributed by atoms with van der Waals surface area (Å²) >= 11 is 1.62. The highest BCUT2D eigenvalue weighted by Crippen LogP contribution is 2.29. The normalized spacial score (nSPS) is 10.3. The van der Waals surface area contributed by atoms with Gasteiger partial charge in [-0.05, 0) is 25.1 Å². The zero-order valence-electron chi connectivity index (χ0n) is 12.4. The summed E-state index contributed by atoms with van der Waals surface area (Å²) in [7, 11) is 1.56. The number of aliphatic carboxylic acids is 1. The van der Waals surface area contributed by atoms with Gasteiger partial charge in [-0.1, -0.05) is 0 Å². The number of anilines is 1. The average molecular weight is 319 g/mol. The predicted molar refractivity (Wildman–Crippen MR) is 86.2 cm³/mol. The second-order valence-electron chi connectivity index (χ2n) is 4.84. The minimum Gasteiger partial charge on any atom is -0.481 e. The van der Waals surface area contributed by atoms with Crippen molar-refractivity contribution in [3.8, 4) is 11.3 Å². The standard InChI is InChI=1S/C15H17N3O3S/c1-10-8-11(9-22-10)14-12(4-3-6-16-14)17-15(21)18(2)7-5-13(19)20/h3-4,6,8-9H,5,7H2,1-2H3,(H,17,21)(H,19,20). The Hall–Kier alpha value is -2.41. The molecule has 0 aliphatic heterocycles. The summed E-state index contributed by atoms with van der Waals surface area (Å²) in [5.41, 5.74) is 2.26. The van der Waals surface area contributed by atoms with Crippen LogP contribution in [0.4, 0.5) is 10.5 Å². The molecule has 2 rings (SSSR count). The van der Waals surface area contributed by atoms with Crippen LogP contribution in [0.1, 0.15) is 11.3 Å². The molecule has 0 saturated heterocycles. The number of carboxylic acids is 1. The fourth-order valence-electron chi connectivity index (χ4n) is 1.88. The summed E-state index contributed by atoms with van der Waals surface area (Å²) in [5.74, 6) is -0.935. The largest absolute Gasteiger partial charge is 0.481 e. The number of nitrogens with one attached hydrogen (secondary N) is 1. The second kappa shape index (κ2) is 7.04. The van der Waals surface area contributed by atoms with Gasteiger partial charge in [0.05, 0.1) is 17.8 Å². The zero-order valence-corrected chi connectivity index (χ0v) is 13.2. The van der Waals surface area contributed by atoms with Crippen LogP contribution in [0.2, 0.25) is 0 Å². The van der Waals surface area contributed by atoms with Crippen molar-refractivity contribution in [2.75, 3.05) is 18.9 Å². The van der Waals surface area contributed by atoms with E-state index in [0.29, 0.717) is 11.4 Å². The molecule has 0 spiro atoms. The maximum atomic E-state index is 12.1. The first-order valence-corrected chi connectivity index (χ1v) is 7.60. The minimum absolute atomic E-state index is 0.0897. The van der Waals surface area contributed by atoms with Gasteiger partial charge in [0, 0.05) is 35.6 Å². The molecule has 0 fully saturated rings. The average Bonchev–Trinajstić information content (AvgIpc) is 2.91. The van der Waals surface area contributed by atoms with Gasteiger partial charge >= 0.3 is 12.0 Å². The molecule has 0 unspecified atom stereocenters. The molecule has 7 heteroatoms. The topological polar surface area (TPSA) is 82.5 Å². The highest BCUT2D eigenvalue weighted by Gasteiger charge is 2.14. The molecule has 2 N–H and O–H groups in total. The van der Waals surface area contributed by atoms with E-state index in [0.717, 1.165) is 10.4 Å². The van der Waals surface area contributed by atoms with Gasteiger partial charge in [0.25, 0.3) is 0 Å². The van der Waals surface area contributed by atoms with E-state index in [2.05, 4.69) is 10.3 Å². The number of amides is 2. The zero-order chi connectivity index (χ0) is 16.1. The molecule has 2 aromatic heterocycles. The summed E-state index contributed by atoms with van der Waals surface area (Å²) in [6.07, 6.45) is 1.58. The number of nitrogens with zero attached hydrogens (tertiary/aromatic N) is 2. The van der Waals surface area contributed by atoms with Crippen molar-refractivity contribution in [1.82, 2.24) is 9.88 Å². The van der Waals surface area contributed by atoms with Gasteiger partial charge in [-0.25, -0.2) is 4.79 Å². The van der Waals surface area contributed by atoms with E-state index in [4.69, 9.17) is 5.11 Å². The number of urea groups is 1. The lowest BCUT2D eigenvalue weighted by Gasteiger charge is -2.18. The minimum atomic E-state index is -0.935. The van der Waals surface area contributed by atoms with Gasteiger partial charge in [0.2, 0.25) is 0 Å². The Morgan fingerprint density at radius 3 is 2.86 bits per heavy atom. The van der Waals surface area contributed by atoms with Crippen molar-refractivity contribution in [3.63, 3.8) is 0 Å². The Morgan fingerprint density at radius 2 is 2.23 bits per heavy atom. The monoisotopic (exact) mass is 319 g/mol. The van der Waals surface area contributed by atoms with E-state index >= 15 is 0 Å². The highest BCUT2D eigenvalue weighted by atomic mass is 32.1. The third kappa shape index (κ3) is 4.05. The number of carbonyl (C=O) groups is 2. The molecule has 2 heterocycles. The number of aryl methyl sites for hydroxylation is 1. The lowest BCUT2D eigenvalue weighted by atomic mass is 10.2. The van der Waals surface area contributed by atoms with Crippen molar-refractivity contribution in [1.29, 1.82) is 0 Å². The van der Waals surface area contributed by atoms with Crippen molar-refractivity contribution >= 4 is 29.0 Å². The van der Waals surface area contributed by atoms with Gasteiger partial charge in [0.1, 0.15) is 0 Å². The smallest absolute Gasteiger partial charge is 0.321 e.